The number of sulfonamides is 1. The topological polar surface area (TPSA) is 84.1 Å². The molecule has 3 rings (SSSR count). The van der Waals surface area contributed by atoms with Gasteiger partial charge >= 0.3 is 0 Å². The molecular weight excluding hydrogens is 330 g/mol. The minimum absolute atomic E-state index is 0.0130. The first-order valence-electron chi connectivity index (χ1n) is 8.13. The molecule has 0 radical (unpaired) electrons. The monoisotopic (exact) mass is 352 g/mol. The summed E-state index contributed by atoms with van der Waals surface area (Å²) in [7, 11) is -3.53. The molecule has 1 aromatic rings. The SMILES string of the molecule is C[C@H](C#N)C[NH+]1CCN(S(=O)(=O)c2ccc3c(c2)OCCO3)CC1. The molecule has 130 valence electrons. The highest BCUT2D eigenvalue weighted by molar-refractivity contribution is 7.89. The summed E-state index contributed by atoms with van der Waals surface area (Å²) < 4.78 is 38.1. The predicted molar refractivity (Wildman–Crippen MR) is 86.5 cm³/mol. The van der Waals surface area contributed by atoms with Crippen molar-refractivity contribution in [3.63, 3.8) is 0 Å². The van der Waals surface area contributed by atoms with E-state index in [1.165, 1.54) is 9.21 Å². The molecule has 2 aliphatic rings. The second-order valence-electron chi connectivity index (χ2n) is 6.19. The van der Waals surface area contributed by atoms with Gasteiger partial charge in [-0.15, -0.1) is 0 Å². The van der Waals surface area contributed by atoms with E-state index in [0.717, 1.165) is 19.6 Å². The maximum atomic E-state index is 12.8. The number of quaternary nitrogens is 1. The van der Waals surface area contributed by atoms with E-state index in [0.29, 0.717) is 37.8 Å². The molecule has 8 heteroatoms. The summed E-state index contributed by atoms with van der Waals surface area (Å²) in [6.07, 6.45) is 0. The Morgan fingerprint density at radius 3 is 2.58 bits per heavy atom. The molecule has 1 saturated heterocycles. The van der Waals surface area contributed by atoms with E-state index in [2.05, 4.69) is 6.07 Å². The van der Waals surface area contributed by atoms with Crippen LogP contribution in [0.5, 0.6) is 11.5 Å². The quantitative estimate of drug-likeness (QED) is 0.790. The highest BCUT2D eigenvalue weighted by atomic mass is 32.2. The van der Waals surface area contributed by atoms with E-state index < -0.39 is 10.0 Å². The maximum absolute atomic E-state index is 12.8. The summed E-state index contributed by atoms with van der Waals surface area (Å²) in [5, 5.41) is 8.90. The van der Waals surface area contributed by atoms with Crippen molar-refractivity contribution in [3.05, 3.63) is 18.2 Å². The number of hydrogen-bond donors (Lipinski definition) is 1. The summed E-state index contributed by atoms with van der Waals surface area (Å²) in [5.74, 6) is 1.05. The zero-order chi connectivity index (χ0) is 17.2. The molecule has 0 amide bonds. The van der Waals surface area contributed by atoms with Crippen molar-refractivity contribution in [2.24, 2.45) is 5.92 Å². The molecule has 24 heavy (non-hydrogen) atoms. The number of rotatable bonds is 4. The van der Waals surface area contributed by atoms with Gasteiger partial charge in [-0.2, -0.15) is 9.57 Å². The van der Waals surface area contributed by atoms with Gasteiger partial charge in [0.2, 0.25) is 10.0 Å². The zero-order valence-corrected chi connectivity index (χ0v) is 14.5. The van der Waals surface area contributed by atoms with Crippen LogP contribution in [0.3, 0.4) is 0 Å². The Balaban J connectivity index is 1.70. The molecule has 7 nitrogen and oxygen atoms in total. The minimum Gasteiger partial charge on any atom is -0.486 e. The van der Waals surface area contributed by atoms with E-state index in [1.807, 2.05) is 6.92 Å². The largest absolute Gasteiger partial charge is 0.486 e. The van der Waals surface area contributed by atoms with E-state index in [4.69, 9.17) is 14.7 Å². The van der Waals surface area contributed by atoms with Crippen LogP contribution in [0.4, 0.5) is 0 Å². The summed E-state index contributed by atoms with van der Waals surface area (Å²) in [6.45, 7) is 5.92. The van der Waals surface area contributed by atoms with Crippen LogP contribution in [0, 0.1) is 17.2 Å². The van der Waals surface area contributed by atoms with Crippen LogP contribution in [0.2, 0.25) is 0 Å². The van der Waals surface area contributed by atoms with Crippen molar-refractivity contribution in [3.8, 4) is 17.6 Å². The van der Waals surface area contributed by atoms with Crippen molar-refractivity contribution in [1.82, 2.24) is 4.31 Å². The van der Waals surface area contributed by atoms with E-state index in [9.17, 15) is 8.42 Å². The van der Waals surface area contributed by atoms with Gasteiger partial charge in [0.1, 0.15) is 13.2 Å². The lowest BCUT2D eigenvalue weighted by atomic mass is 10.2. The smallest absolute Gasteiger partial charge is 0.243 e. The lowest BCUT2D eigenvalue weighted by molar-refractivity contribution is -0.905. The molecule has 0 spiro atoms. The van der Waals surface area contributed by atoms with Crippen molar-refractivity contribution in [2.45, 2.75) is 11.8 Å². The number of nitrogens with zero attached hydrogens (tertiary/aromatic N) is 2. The van der Waals surface area contributed by atoms with E-state index >= 15 is 0 Å². The van der Waals surface area contributed by atoms with Crippen LogP contribution in [-0.4, -0.2) is 58.7 Å². The van der Waals surface area contributed by atoms with Gasteiger partial charge in [0.05, 0.1) is 49.6 Å². The van der Waals surface area contributed by atoms with E-state index in [1.54, 1.807) is 18.2 Å². The average molecular weight is 352 g/mol. The van der Waals surface area contributed by atoms with Crippen LogP contribution in [-0.2, 0) is 10.0 Å². The van der Waals surface area contributed by atoms with Gasteiger partial charge in [0.25, 0.3) is 0 Å². The number of ether oxygens (including phenoxy) is 2. The summed E-state index contributed by atoms with van der Waals surface area (Å²) >= 11 is 0. The summed E-state index contributed by atoms with van der Waals surface area (Å²) in [4.78, 5) is 1.51. The molecule has 1 fully saturated rings. The number of nitrogens with one attached hydrogen (secondary N) is 1. The van der Waals surface area contributed by atoms with Crippen molar-refractivity contribution < 1.29 is 22.8 Å². The fourth-order valence-electron chi connectivity index (χ4n) is 3.06. The zero-order valence-electron chi connectivity index (χ0n) is 13.7. The number of nitriles is 1. The third-order valence-electron chi connectivity index (χ3n) is 4.40. The normalized spacial score (nSPS) is 20.3. The fraction of sp³-hybridized carbons (Fsp3) is 0.562. The van der Waals surface area contributed by atoms with Crippen molar-refractivity contribution in [2.75, 3.05) is 45.9 Å². The molecule has 0 aliphatic carbocycles. The molecule has 1 atom stereocenters. The molecular formula is C16H22N3O4S+. The van der Waals surface area contributed by atoms with Crippen LogP contribution in [0.1, 0.15) is 6.92 Å². The molecule has 1 N–H and O–H groups in total. The predicted octanol–water partition coefficient (Wildman–Crippen LogP) is -0.493. The molecule has 2 aliphatic heterocycles. The van der Waals surface area contributed by atoms with Crippen LogP contribution in [0.15, 0.2) is 23.1 Å². The maximum Gasteiger partial charge on any atom is 0.243 e. The van der Waals surface area contributed by atoms with Crippen LogP contribution >= 0.6 is 0 Å². The van der Waals surface area contributed by atoms with Gasteiger partial charge in [-0.25, -0.2) is 8.42 Å². The Morgan fingerprint density at radius 2 is 1.92 bits per heavy atom. The summed E-state index contributed by atoms with van der Waals surface area (Å²) in [6, 6.07) is 6.99. The Morgan fingerprint density at radius 1 is 1.25 bits per heavy atom. The first kappa shape index (κ1) is 17.0. The van der Waals surface area contributed by atoms with Crippen molar-refractivity contribution >= 4 is 10.0 Å². The van der Waals surface area contributed by atoms with Gasteiger partial charge in [-0.1, -0.05) is 0 Å². The lowest BCUT2D eigenvalue weighted by Gasteiger charge is -2.32. The molecule has 0 aromatic heterocycles. The van der Waals surface area contributed by atoms with Gasteiger partial charge in [0.15, 0.2) is 11.5 Å². The first-order chi connectivity index (χ1) is 11.5. The Kier molecular flexibility index (Phi) is 4.94. The van der Waals surface area contributed by atoms with Gasteiger partial charge in [-0.05, 0) is 19.1 Å². The average Bonchev–Trinajstić information content (AvgIpc) is 2.61. The molecule has 2 heterocycles. The number of hydrogen-bond acceptors (Lipinski definition) is 5. The molecule has 0 saturated carbocycles. The summed E-state index contributed by atoms with van der Waals surface area (Å²) in [5.41, 5.74) is 0. The fourth-order valence-corrected chi connectivity index (χ4v) is 4.52. The third-order valence-corrected chi connectivity index (χ3v) is 6.29. The Hall–Kier alpha value is -1.82. The van der Waals surface area contributed by atoms with Gasteiger partial charge < -0.3 is 14.4 Å². The van der Waals surface area contributed by atoms with Gasteiger partial charge in [0, 0.05) is 6.07 Å². The number of fused-ring (bicyclic) bond motifs is 1. The second-order valence-corrected chi connectivity index (χ2v) is 8.13. The third kappa shape index (κ3) is 3.48. The minimum atomic E-state index is -3.53. The second kappa shape index (κ2) is 6.97. The Bertz CT molecular complexity index is 736. The highest BCUT2D eigenvalue weighted by Gasteiger charge is 2.31. The standard InChI is InChI=1S/C16H21N3O4S/c1-13(11-17)12-18-4-6-19(7-5-18)24(20,21)14-2-3-15-16(10-14)23-9-8-22-15/h2-3,10,13H,4-9,12H2,1H3/p+1/t13-/m1/s1. The first-order valence-corrected chi connectivity index (χ1v) is 9.57. The van der Waals surface area contributed by atoms with Gasteiger partial charge in [-0.3, -0.25) is 0 Å². The number of piperazine rings is 1. The number of benzene rings is 1. The lowest BCUT2D eigenvalue weighted by Crippen LogP contribution is -3.15. The van der Waals surface area contributed by atoms with Crippen LogP contribution < -0.4 is 14.4 Å². The van der Waals surface area contributed by atoms with E-state index in [-0.39, 0.29) is 10.8 Å². The molecule has 1 aromatic carbocycles. The highest BCUT2D eigenvalue weighted by Crippen LogP contribution is 2.33. The molecule has 0 unspecified atom stereocenters. The molecule has 0 bridgehead atoms. The Labute approximate surface area is 142 Å². The van der Waals surface area contributed by atoms with Crippen molar-refractivity contribution in [1.29, 1.82) is 5.26 Å². The van der Waals surface area contributed by atoms with Crippen LogP contribution in [0.25, 0.3) is 0 Å².